The Bertz CT molecular complexity index is 599. The van der Waals surface area contributed by atoms with Crippen molar-refractivity contribution in [3.05, 3.63) is 29.0 Å². The molecule has 1 aromatic heterocycles. The van der Waals surface area contributed by atoms with E-state index in [4.69, 9.17) is 22.3 Å². The topological polar surface area (TPSA) is 43.8 Å². The highest BCUT2D eigenvalue weighted by Crippen LogP contribution is 2.33. The summed E-state index contributed by atoms with van der Waals surface area (Å²) in [7, 11) is 0. The first-order valence-electron chi connectivity index (χ1n) is 6.98. The fraction of sp³-hybridized carbons (Fsp3) is 0.533. The SMILES string of the molecule is CC(C)n1c(CC(N)C2CC2)nc2cc(Cl)ccc21. The predicted octanol–water partition coefficient (Wildman–Crippen LogP) is 3.55. The third kappa shape index (κ3) is 2.49. The van der Waals surface area contributed by atoms with Crippen LogP contribution in [0, 0.1) is 5.92 Å². The largest absolute Gasteiger partial charge is 0.327 e. The van der Waals surface area contributed by atoms with E-state index in [0.717, 1.165) is 28.3 Å². The van der Waals surface area contributed by atoms with Gasteiger partial charge in [-0.3, -0.25) is 0 Å². The van der Waals surface area contributed by atoms with Gasteiger partial charge in [-0.05, 0) is 50.8 Å². The number of imidazole rings is 1. The molecule has 1 saturated carbocycles. The molecule has 3 nitrogen and oxygen atoms in total. The fourth-order valence-corrected chi connectivity index (χ4v) is 2.91. The van der Waals surface area contributed by atoms with Crippen LogP contribution in [0.5, 0.6) is 0 Å². The summed E-state index contributed by atoms with van der Waals surface area (Å²) in [5.74, 6) is 1.79. The number of nitrogens with zero attached hydrogens (tertiary/aromatic N) is 2. The third-order valence-electron chi connectivity index (χ3n) is 3.89. The highest BCUT2D eigenvalue weighted by atomic mass is 35.5. The first-order chi connectivity index (χ1) is 9.06. The van der Waals surface area contributed by atoms with Crippen molar-refractivity contribution in [3.8, 4) is 0 Å². The van der Waals surface area contributed by atoms with Crippen molar-refractivity contribution in [2.24, 2.45) is 11.7 Å². The first kappa shape index (κ1) is 12.9. The Morgan fingerprint density at radius 2 is 2.16 bits per heavy atom. The molecule has 3 rings (SSSR count). The Hall–Kier alpha value is -1.06. The standard InChI is InChI=1S/C15H20ClN3/c1-9(2)19-14-6-5-11(16)7-13(14)18-15(19)8-12(17)10-3-4-10/h5-7,9-10,12H,3-4,8,17H2,1-2H3. The van der Waals surface area contributed by atoms with Crippen molar-refractivity contribution < 1.29 is 0 Å². The molecule has 102 valence electrons. The van der Waals surface area contributed by atoms with Crippen molar-refractivity contribution in [1.82, 2.24) is 9.55 Å². The third-order valence-corrected chi connectivity index (χ3v) is 4.12. The van der Waals surface area contributed by atoms with Gasteiger partial charge in [-0.2, -0.15) is 0 Å². The maximum atomic E-state index is 6.25. The molecule has 0 saturated heterocycles. The monoisotopic (exact) mass is 277 g/mol. The molecule has 1 fully saturated rings. The van der Waals surface area contributed by atoms with Crippen LogP contribution in [0.4, 0.5) is 0 Å². The van der Waals surface area contributed by atoms with E-state index in [9.17, 15) is 0 Å². The molecule has 1 aliphatic carbocycles. The van der Waals surface area contributed by atoms with Gasteiger partial charge in [0.15, 0.2) is 0 Å². The average molecular weight is 278 g/mol. The number of rotatable bonds is 4. The van der Waals surface area contributed by atoms with Gasteiger partial charge in [0.2, 0.25) is 0 Å². The lowest BCUT2D eigenvalue weighted by molar-refractivity contribution is 0.526. The molecule has 2 N–H and O–H groups in total. The van der Waals surface area contributed by atoms with Crippen molar-refractivity contribution in [1.29, 1.82) is 0 Å². The highest BCUT2D eigenvalue weighted by Gasteiger charge is 2.30. The summed E-state index contributed by atoms with van der Waals surface area (Å²) in [6.07, 6.45) is 3.40. The minimum Gasteiger partial charge on any atom is -0.327 e. The molecule has 4 heteroatoms. The van der Waals surface area contributed by atoms with E-state index in [1.807, 2.05) is 12.1 Å². The van der Waals surface area contributed by atoms with Gasteiger partial charge in [0, 0.05) is 23.5 Å². The number of hydrogen-bond acceptors (Lipinski definition) is 2. The molecule has 1 aliphatic rings. The molecule has 1 unspecified atom stereocenters. The zero-order chi connectivity index (χ0) is 13.6. The molecule has 0 amide bonds. The zero-order valence-electron chi connectivity index (χ0n) is 11.4. The maximum Gasteiger partial charge on any atom is 0.111 e. The Balaban J connectivity index is 2.03. The molecule has 0 radical (unpaired) electrons. The number of halogens is 1. The van der Waals surface area contributed by atoms with E-state index in [1.165, 1.54) is 12.8 Å². The lowest BCUT2D eigenvalue weighted by Crippen LogP contribution is -2.27. The van der Waals surface area contributed by atoms with Crippen LogP contribution in [-0.2, 0) is 6.42 Å². The zero-order valence-corrected chi connectivity index (χ0v) is 12.2. The van der Waals surface area contributed by atoms with Crippen molar-refractivity contribution in [3.63, 3.8) is 0 Å². The average Bonchev–Trinajstić information content (AvgIpc) is 3.11. The van der Waals surface area contributed by atoms with Crippen LogP contribution in [0.2, 0.25) is 5.02 Å². The van der Waals surface area contributed by atoms with Crippen molar-refractivity contribution in [2.45, 2.75) is 45.2 Å². The molecule has 19 heavy (non-hydrogen) atoms. The second kappa shape index (κ2) is 4.80. The van der Waals surface area contributed by atoms with E-state index in [2.05, 4.69) is 24.5 Å². The van der Waals surface area contributed by atoms with Gasteiger partial charge in [0.05, 0.1) is 11.0 Å². The molecule has 0 bridgehead atoms. The maximum absolute atomic E-state index is 6.25. The van der Waals surface area contributed by atoms with Crippen LogP contribution >= 0.6 is 11.6 Å². The van der Waals surface area contributed by atoms with Crippen molar-refractivity contribution in [2.75, 3.05) is 0 Å². The van der Waals surface area contributed by atoms with E-state index >= 15 is 0 Å². The second-order valence-corrected chi connectivity index (χ2v) is 6.27. The van der Waals surface area contributed by atoms with E-state index in [0.29, 0.717) is 12.0 Å². The van der Waals surface area contributed by atoms with Gasteiger partial charge in [-0.1, -0.05) is 11.6 Å². The van der Waals surface area contributed by atoms with E-state index < -0.39 is 0 Å². The van der Waals surface area contributed by atoms with Crippen LogP contribution in [0.25, 0.3) is 11.0 Å². The number of aromatic nitrogens is 2. The van der Waals surface area contributed by atoms with Gasteiger partial charge in [0.1, 0.15) is 5.82 Å². The van der Waals surface area contributed by atoms with Crippen LogP contribution in [0.3, 0.4) is 0 Å². The first-order valence-corrected chi connectivity index (χ1v) is 7.36. The summed E-state index contributed by atoms with van der Waals surface area (Å²) in [5, 5.41) is 0.735. The highest BCUT2D eigenvalue weighted by molar-refractivity contribution is 6.31. The Morgan fingerprint density at radius 3 is 2.79 bits per heavy atom. The number of nitrogens with two attached hydrogens (primary N) is 1. The van der Waals surface area contributed by atoms with Crippen molar-refractivity contribution >= 4 is 22.6 Å². The van der Waals surface area contributed by atoms with Crippen LogP contribution < -0.4 is 5.73 Å². The smallest absolute Gasteiger partial charge is 0.111 e. The normalized spacial score (nSPS) is 17.3. The molecule has 2 aromatic rings. The summed E-state index contributed by atoms with van der Waals surface area (Å²) in [4.78, 5) is 4.74. The van der Waals surface area contributed by atoms with E-state index in [1.54, 1.807) is 0 Å². The van der Waals surface area contributed by atoms with Gasteiger partial charge >= 0.3 is 0 Å². The molecular weight excluding hydrogens is 258 g/mol. The quantitative estimate of drug-likeness (QED) is 0.929. The second-order valence-electron chi connectivity index (χ2n) is 5.83. The molecular formula is C15H20ClN3. The van der Waals surface area contributed by atoms with E-state index in [-0.39, 0.29) is 6.04 Å². The van der Waals surface area contributed by atoms with Gasteiger partial charge in [-0.25, -0.2) is 4.98 Å². The molecule has 0 aliphatic heterocycles. The minimum atomic E-state index is 0.241. The predicted molar refractivity (Wildman–Crippen MR) is 79.5 cm³/mol. The molecule has 0 spiro atoms. The summed E-state index contributed by atoms with van der Waals surface area (Å²) >= 11 is 6.05. The lowest BCUT2D eigenvalue weighted by atomic mass is 10.1. The van der Waals surface area contributed by atoms with Gasteiger partial charge in [-0.15, -0.1) is 0 Å². The summed E-state index contributed by atoms with van der Waals surface area (Å²) in [6.45, 7) is 4.36. The summed E-state index contributed by atoms with van der Waals surface area (Å²) in [5.41, 5.74) is 8.37. The Kier molecular flexibility index (Phi) is 3.27. The Morgan fingerprint density at radius 1 is 1.42 bits per heavy atom. The number of fused-ring (bicyclic) bond motifs is 1. The Labute approximate surface area is 118 Å². The minimum absolute atomic E-state index is 0.241. The molecule has 1 aromatic carbocycles. The van der Waals surface area contributed by atoms with Crippen LogP contribution in [-0.4, -0.2) is 15.6 Å². The van der Waals surface area contributed by atoms with Gasteiger partial charge < -0.3 is 10.3 Å². The molecule has 1 heterocycles. The van der Waals surface area contributed by atoms with Crippen LogP contribution in [0.15, 0.2) is 18.2 Å². The summed E-state index contributed by atoms with van der Waals surface area (Å²) in [6, 6.07) is 6.53. The fourth-order valence-electron chi connectivity index (χ4n) is 2.74. The summed E-state index contributed by atoms with van der Waals surface area (Å²) < 4.78 is 2.29. The number of benzene rings is 1. The molecule has 1 atom stereocenters. The van der Waals surface area contributed by atoms with Crippen LogP contribution in [0.1, 0.15) is 38.6 Å². The van der Waals surface area contributed by atoms with Gasteiger partial charge in [0.25, 0.3) is 0 Å². The lowest BCUT2D eigenvalue weighted by Gasteiger charge is -2.15. The number of hydrogen-bond donors (Lipinski definition) is 1.